The van der Waals surface area contributed by atoms with Gasteiger partial charge in [-0.15, -0.1) is 0 Å². The number of methoxy groups -OCH3 is 1. The fourth-order valence-electron chi connectivity index (χ4n) is 7.13. The Kier molecular flexibility index (Phi) is 20.1. The van der Waals surface area contributed by atoms with Gasteiger partial charge in [-0.2, -0.15) is 10.2 Å². The molecule has 1 saturated heterocycles. The van der Waals surface area contributed by atoms with Crippen LogP contribution in [0.4, 0.5) is 17.3 Å². The van der Waals surface area contributed by atoms with Crippen molar-refractivity contribution >= 4 is 65.4 Å². The molecule has 0 atom stereocenters. The van der Waals surface area contributed by atoms with Crippen LogP contribution < -0.4 is 41.8 Å². The Balaban J connectivity index is 0.000000715. The lowest BCUT2D eigenvalue weighted by Gasteiger charge is -2.26. The molecule has 0 bridgehead atoms. The standard InChI is InChI=1S/C38H47N11O6.C7H10N2O.CH5N/c1-6-49-30(17-25(2)45-49)37(53)44-38-43-29-18-26(23-50)19-32(55-16-10-9-12-46-15-11-42-22-33(46)51)35(29)48(38)14-8-7-13-47(24-40-3)34-28(41-4)20-27(36(39)52)21-31(34)54-5;1-3-9-7(5-10)4-6(2)8-9;1-2/h7-10,17-21,23,40,42H,4,6,11-16,22,24H2,1-3,5H3,(H2,39,52)(H,43,44,53);4-5H,3H2,1-2H3;2H2,1H3/b8-7+,10-9-;;. The molecule has 0 saturated carbocycles. The molecule has 6 rings (SSSR count). The van der Waals surface area contributed by atoms with Gasteiger partial charge < -0.3 is 45.9 Å². The first kappa shape index (κ1) is 52.1. The van der Waals surface area contributed by atoms with Gasteiger partial charge in [0, 0.05) is 56.9 Å². The smallest absolute Gasteiger partial charge is 0.276 e. The van der Waals surface area contributed by atoms with Gasteiger partial charge in [0.1, 0.15) is 47.0 Å². The van der Waals surface area contributed by atoms with Crippen molar-refractivity contribution in [1.82, 2.24) is 44.6 Å². The molecule has 1 fully saturated rings. The maximum absolute atomic E-state index is 13.6. The average molecular weight is 923 g/mol. The number of fused-ring (bicyclic) bond motifs is 1. The third-order valence-electron chi connectivity index (χ3n) is 10.2. The van der Waals surface area contributed by atoms with E-state index in [-0.39, 0.29) is 30.6 Å². The maximum atomic E-state index is 13.6. The number of amides is 3. The number of carbonyl (C=O) groups excluding carboxylic acids is 5. The average Bonchev–Trinajstić information content (AvgIpc) is 4.03. The van der Waals surface area contributed by atoms with Crippen molar-refractivity contribution in [2.75, 3.05) is 77.4 Å². The molecule has 3 amide bonds. The third kappa shape index (κ3) is 13.5. The van der Waals surface area contributed by atoms with Crippen LogP contribution in [0.2, 0.25) is 0 Å². The molecule has 0 unspecified atom stereocenters. The van der Waals surface area contributed by atoms with Crippen molar-refractivity contribution in [3.63, 3.8) is 0 Å². The van der Waals surface area contributed by atoms with Gasteiger partial charge in [0.25, 0.3) is 5.91 Å². The summed E-state index contributed by atoms with van der Waals surface area (Å²) in [4.78, 5) is 72.7. The number of aliphatic imine (C=N–C) groups is 1. The molecule has 5 aromatic rings. The molecule has 2 aromatic carbocycles. The Labute approximate surface area is 389 Å². The number of piperazine rings is 1. The van der Waals surface area contributed by atoms with Gasteiger partial charge >= 0.3 is 0 Å². The lowest BCUT2D eigenvalue weighted by atomic mass is 10.1. The van der Waals surface area contributed by atoms with Crippen LogP contribution in [0.15, 0.2) is 65.7 Å². The number of nitrogens with two attached hydrogens (primary N) is 2. The molecule has 358 valence electrons. The van der Waals surface area contributed by atoms with E-state index in [1.165, 1.54) is 14.2 Å². The normalized spacial score (nSPS) is 12.4. The quantitative estimate of drug-likeness (QED) is 0.0306. The Bertz CT molecular complexity index is 2570. The summed E-state index contributed by atoms with van der Waals surface area (Å²) in [6.07, 6.45) is 9.06. The number of benzene rings is 2. The molecular weight excluding hydrogens is 861 g/mol. The zero-order chi connectivity index (χ0) is 49.0. The Morgan fingerprint density at radius 1 is 0.955 bits per heavy atom. The summed E-state index contributed by atoms with van der Waals surface area (Å²) in [6, 6.07) is 9.87. The van der Waals surface area contributed by atoms with E-state index in [1.54, 1.807) is 62.3 Å². The number of anilines is 2. The van der Waals surface area contributed by atoms with Crippen molar-refractivity contribution in [3.8, 4) is 11.5 Å². The highest BCUT2D eigenvalue weighted by molar-refractivity contribution is 6.03. The number of allylic oxidation sites excluding steroid dienone is 1. The summed E-state index contributed by atoms with van der Waals surface area (Å²) < 4.78 is 17.0. The van der Waals surface area contributed by atoms with Crippen LogP contribution >= 0.6 is 0 Å². The van der Waals surface area contributed by atoms with Gasteiger partial charge in [0.15, 0.2) is 6.29 Å². The first-order valence-corrected chi connectivity index (χ1v) is 21.6. The monoisotopic (exact) mass is 922 g/mol. The van der Waals surface area contributed by atoms with Crippen molar-refractivity contribution < 1.29 is 33.4 Å². The van der Waals surface area contributed by atoms with E-state index < -0.39 is 11.8 Å². The first-order chi connectivity index (χ1) is 32.4. The fraction of sp³-hybridized carbons (Fsp3) is 0.370. The van der Waals surface area contributed by atoms with Gasteiger partial charge in [-0.1, -0.05) is 18.2 Å². The predicted octanol–water partition coefficient (Wildman–Crippen LogP) is 3.27. The second-order valence-electron chi connectivity index (χ2n) is 14.7. The van der Waals surface area contributed by atoms with Gasteiger partial charge in [-0.25, -0.2) is 4.98 Å². The lowest BCUT2D eigenvalue weighted by molar-refractivity contribution is -0.131. The zero-order valence-corrected chi connectivity index (χ0v) is 39.2. The summed E-state index contributed by atoms with van der Waals surface area (Å²) in [7, 11) is 4.80. The number of nitrogens with zero attached hydrogens (tertiary/aromatic N) is 9. The van der Waals surface area contributed by atoms with Crippen LogP contribution in [-0.4, -0.2) is 138 Å². The number of aryl methyl sites for hydroxylation is 4. The zero-order valence-electron chi connectivity index (χ0n) is 39.2. The number of rotatable bonds is 21. The van der Waals surface area contributed by atoms with Crippen molar-refractivity contribution in [2.24, 2.45) is 16.5 Å². The summed E-state index contributed by atoms with van der Waals surface area (Å²) in [5, 5.41) is 17.7. The van der Waals surface area contributed by atoms with E-state index in [1.807, 2.05) is 56.9 Å². The largest absolute Gasteiger partial charge is 0.494 e. The van der Waals surface area contributed by atoms with Crippen molar-refractivity contribution in [1.29, 1.82) is 0 Å². The molecule has 1 aliphatic heterocycles. The van der Waals surface area contributed by atoms with Crippen LogP contribution in [0, 0.1) is 13.8 Å². The molecule has 21 nitrogen and oxygen atoms in total. The summed E-state index contributed by atoms with van der Waals surface area (Å²) in [5.74, 6) is 0.0363. The van der Waals surface area contributed by atoms with Crippen LogP contribution in [-0.2, 0) is 24.4 Å². The highest BCUT2D eigenvalue weighted by Crippen LogP contribution is 2.39. The Morgan fingerprint density at radius 2 is 1.67 bits per heavy atom. The third-order valence-corrected chi connectivity index (χ3v) is 10.2. The van der Waals surface area contributed by atoms with Gasteiger partial charge in [-0.05, 0) is 91.0 Å². The summed E-state index contributed by atoms with van der Waals surface area (Å²) in [6.45, 7) is 15.8. The molecule has 7 N–H and O–H groups in total. The number of hydrogen-bond donors (Lipinski definition) is 5. The van der Waals surface area contributed by atoms with E-state index in [9.17, 15) is 24.0 Å². The van der Waals surface area contributed by atoms with E-state index >= 15 is 0 Å². The van der Waals surface area contributed by atoms with E-state index in [0.29, 0.717) is 102 Å². The molecule has 0 spiro atoms. The molecule has 21 heteroatoms. The number of carbonyl (C=O) groups is 5. The highest BCUT2D eigenvalue weighted by Gasteiger charge is 2.22. The number of nitrogens with one attached hydrogen (secondary N) is 3. The predicted molar refractivity (Wildman–Crippen MR) is 259 cm³/mol. The molecular formula is C46H62N14O7. The number of aldehydes is 2. The minimum absolute atomic E-state index is 0.0351. The van der Waals surface area contributed by atoms with E-state index in [2.05, 4.69) is 43.6 Å². The summed E-state index contributed by atoms with van der Waals surface area (Å²) in [5.41, 5.74) is 15.3. The SMILES string of the molecule is C=Nc1cc(C(N)=O)cc(OC)c1N(C/C=C/Cn1c(NC(=O)c2cc(C)nn2CC)nc2cc(C=O)cc(OC/C=C\CN3CCNCC3=O)c21)CNC.CCn1nc(C)cc1C=O.CN. The van der Waals surface area contributed by atoms with Gasteiger partial charge in [-0.3, -0.25) is 43.6 Å². The summed E-state index contributed by atoms with van der Waals surface area (Å²) >= 11 is 0. The second kappa shape index (κ2) is 25.9. The first-order valence-electron chi connectivity index (χ1n) is 21.6. The highest BCUT2D eigenvalue weighted by atomic mass is 16.5. The van der Waals surface area contributed by atoms with Crippen molar-refractivity contribution in [2.45, 2.75) is 47.3 Å². The van der Waals surface area contributed by atoms with Gasteiger partial charge in [0.2, 0.25) is 17.8 Å². The van der Waals surface area contributed by atoms with Crippen LogP contribution in [0.1, 0.15) is 66.9 Å². The van der Waals surface area contributed by atoms with E-state index in [0.717, 1.165) is 25.1 Å². The van der Waals surface area contributed by atoms with Crippen LogP contribution in [0.25, 0.3) is 11.0 Å². The van der Waals surface area contributed by atoms with E-state index in [4.69, 9.17) is 20.2 Å². The fourth-order valence-corrected chi connectivity index (χ4v) is 7.13. The lowest BCUT2D eigenvalue weighted by Crippen LogP contribution is -2.47. The maximum Gasteiger partial charge on any atom is 0.276 e. The second-order valence-corrected chi connectivity index (χ2v) is 14.7. The van der Waals surface area contributed by atoms with Crippen LogP contribution in [0.3, 0.4) is 0 Å². The topological polar surface area (TPSA) is 264 Å². The molecule has 0 aliphatic carbocycles. The number of imidazole rings is 1. The minimum Gasteiger partial charge on any atom is -0.494 e. The van der Waals surface area contributed by atoms with Crippen LogP contribution in [0.5, 0.6) is 11.5 Å². The molecule has 1 aliphatic rings. The molecule has 3 aromatic heterocycles. The Hall–Kier alpha value is -7.49. The number of primary amides is 1. The molecule has 0 radical (unpaired) electrons. The van der Waals surface area contributed by atoms with Crippen molar-refractivity contribution in [3.05, 3.63) is 94.6 Å². The van der Waals surface area contributed by atoms with Gasteiger partial charge in [0.05, 0.1) is 42.9 Å². The Morgan fingerprint density at radius 3 is 2.30 bits per heavy atom. The minimum atomic E-state index is -0.620. The molecule has 67 heavy (non-hydrogen) atoms. The molecule has 4 heterocycles. The number of hydrogen-bond acceptors (Lipinski definition) is 15. The number of ether oxygens (including phenoxy) is 2. The number of aromatic nitrogens is 6.